The van der Waals surface area contributed by atoms with Gasteiger partial charge in [0.2, 0.25) is 0 Å². The first kappa shape index (κ1) is 27.9. The lowest BCUT2D eigenvalue weighted by Gasteiger charge is -2.06. The van der Waals surface area contributed by atoms with Crippen LogP contribution in [0.2, 0.25) is 0 Å². The van der Waals surface area contributed by atoms with Crippen LogP contribution in [0.5, 0.6) is 0 Å². The average Bonchev–Trinajstić information content (AvgIpc) is 2.65. The Morgan fingerprint density at radius 2 is 0.769 bits per heavy atom. The topological polar surface area (TPSA) is 68.3 Å². The van der Waals surface area contributed by atoms with Crippen LogP contribution in [0.15, 0.2) is 60.7 Å². The predicted molar refractivity (Wildman–Crippen MR) is 109 cm³/mol. The van der Waals surface area contributed by atoms with Gasteiger partial charge in [0, 0.05) is 11.1 Å². The minimum absolute atomic E-state index is 0. The number of hydrogen-bond donors (Lipinski definition) is 0. The first-order valence-electron chi connectivity index (χ1n) is 7.88. The van der Waals surface area contributed by atoms with Gasteiger partial charge in [-0.3, -0.25) is 19.2 Å². The molecule has 26 heavy (non-hydrogen) atoms. The van der Waals surface area contributed by atoms with E-state index in [9.17, 15) is 19.2 Å². The maximum Gasteiger partial charge on any atom is 0.186 e. The van der Waals surface area contributed by atoms with Crippen molar-refractivity contribution >= 4 is 23.1 Å². The lowest BCUT2D eigenvalue weighted by Crippen LogP contribution is -2.10. The molecule has 2 aliphatic carbocycles. The number of ketones is 4. The summed E-state index contributed by atoms with van der Waals surface area (Å²) in [6.07, 6.45) is 7.63. The lowest BCUT2D eigenvalue weighted by atomic mass is 9.95. The second-order valence-corrected chi connectivity index (χ2v) is 4.08. The second kappa shape index (κ2) is 15.6. The zero-order chi connectivity index (χ0) is 18.5. The van der Waals surface area contributed by atoms with E-state index in [0.29, 0.717) is 11.1 Å². The monoisotopic (exact) mass is 358 g/mol. The number of rotatable bonds is 0. The normalized spacial score (nSPS) is 12.6. The summed E-state index contributed by atoms with van der Waals surface area (Å²) >= 11 is 0. The van der Waals surface area contributed by atoms with Crippen molar-refractivity contribution in [2.24, 2.45) is 0 Å². The van der Waals surface area contributed by atoms with E-state index in [-0.39, 0.29) is 38.0 Å². The molecule has 0 spiro atoms. The first-order chi connectivity index (χ1) is 11.6. The van der Waals surface area contributed by atoms with Gasteiger partial charge in [-0.05, 0) is 36.5 Å². The van der Waals surface area contributed by atoms with E-state index in [2.05, 4.69) is 0 Å². The maximum absolute atomic E-state index is 11.2. The second-order valence-electron chi connectivity index (χ2n) is 4.08. The van der Waals surface area contributed by atoms with Crippen molar-refractivity contribution in [1.29, 1.82) is 0 Å². The van der Waals surface area contributed by atoms with Gasteiger partial charge in [-0.15, -0.1) is 0 Å². The lowest BCUT2D eigenvalue weighted by molar-refractivity contribution is -0.113. The van der Waals surface area contributed by atoms with E-state index in [1.165, 1.54) is 36.5 Å². The third kappa shape index (κ3) is 8.83. The number of fused-ring (bicyclic) bond motifs is 1. The molecular formula is C22H30O4. The molecule has 3 rings (SSSR count). The van der Waals surface area contributed by atoms with Crippen molar-refractivity contribution in [3.63, 3.8) is 0 Å². The number of benzene rings is 1. The van der Waals surface area contributed by atoms with E-state index < -0.39 is 0 Å². The van der Waals surface area contributed by atoms with Gasteiger partial charge in [0.25, 0.3) is 0 Å². The highest BCUT2D eigenvalue weighted by Gasteiger charge is 2.16. The van der Waals surface area contributed by atoms with E-state index in [0.717, 1.165) is 0 Å². The molecular weight excluding hydrogens is 328 g/mol. The molecule has 1 aromatic carbocycles. The Labute approximate surface area is 157 Å². The molecule has 0 aliphatic heterocycles. The molecule has 0 fully saturated rings. The Kier molecular flexibility index (Phi) is 16.8. The Hall–Kier alpha value is -2.88. The molecule has 0 atom stereocenters. The highest BCUT2D eigenvalue weighted by atomic mass is 16.1. The summed E-state index contributed by atoms with van der Waals surface area (Å²) in [6, 6.07) is 6.84. The Bertz CT molecular complexity index is 617. The summed E-state index contributed by atoms with van der Waals surface area (Å²) in [5, 5.41) is 0. The fourth-order valence-corrected chi connectivity index (χ4v) is 1.68. The van der Waals surface area contributed by atoms with Crippen LogP contribution < -0.4 is 0 Å². The van der Waals surface area contributed by atoms with Gasteiger partial charge >= 0.3 is 0 Å². The van der Waals surface area contributed by atoms with Crippen LogP contribution in [0.25, 0.3) is 0 Å². The van der Waals surface area contributed by atoms with Gasteiger partial charge in [-0.1, -0.05) is 66.8 Å². The zero-order valence-corrected chi connectivity index (χ0v) is 14.4. The number of hydrogen-bond acceptors (Lipinski definition) is 4. The van der Waals surface area contributed by atoms with Crippen LogP contribution in [-0.4, -0.2) is 23.1 Å². The minimum atomic E-state index is -0.121. The summed E-state index contributed by atoms with van der Waals surface area (Å²) in [5.74, 6) is -0.426. The van der Waals surface area contributed by atoms with Gasteiger partial charge in [0.05, 0.1) is 0 Å². The number of carbonyl (C=O) groups excluding carboxylic acids is 4. The zero-order valence-electron chi connectivity index (χ0n) is 14.4. The smallest absolute Gasteiger partial charge is 0.186 e. The molecule has 4 nitrogen and oxygen atoms in total. The molecule has 0 saturated heterocycles. The van der Waals surface area contributed by atoms with Gasteiger partial charge < -0.3 is 0 Å². The average molecular weight is 358 g/mol. The highest BCUT2D eigenvalue weighted by molar-refractivity contribution is 6.21. The van der Waals surface area contributed by atoms with Crippen molar-refractivity contribution < 1.29 is 19.2 Å². The summed E-state index contributed by atoms with van der Waals surface area (Å²) in [7, 11) is 0. The van der Waals surface area contributed by atoms with Crippen molar-refractivity contribution in [2.45, 2.75) is 42.5 Å². The van der Waals surface area contributed by atoms with Crippen molar-refractivity contribution in [3.05, 3.63) is 71.8 Å². The molecule has 0 amide bonds. The van der Waals surface area contributed by atoms with E-state index in [1.54, 1.807) is 24.3 Å². The van der Waals surface area contributed by atoms with Gasteiger partial charge in [-0.25, -0.2) is 0 Å². The van der Waals surface area contributed by atoms with Crippen molar-refractivity contribution in [3.8, 4) is 0 Å². The largest absolute Gasteiger partial charge is 0.290 e. The minimum Gasteiger partial charge on any atom is -0.290 e. The molecule has 4 heteroatoms. The summed E-state index contributed by atoms with van der Waals surface area (Å²) in [5.41, 5.74) is 1.01. The quantitative estimate of drug-likeness (QED) is 0.598. The van der Waals surface area contributed by atoms with Gasteiger partial charge in [0.15, 0.2) is 23.1 Å². The van der Waals surface area contributed by atoms with Crippen LogP contribution >= 0.6 is 0 Å². The molecule has 2 aliphatic rings. The predicted octanol–water partition coefficient (Wildman–Crippen LogP) is 5.20. The number of allylic oxidation sites excluding steroid dienone is 6. The van der Waals surface area contributed by atoms with Gasteiger partial charge in [0.1, 0.15) is 0 Å². The van der Waals surface area contributed by atoms with E-state index in [4.69, 9.17) is 0 Å². The highest BCUT2D eigenvalue weighted by Crippen LogP contribution is 2.15. The fraction of sp³-hybridized carbons (Fsp3) is 0.273. The maximum atomic E-state index is 11.2. The molecule has 0 N–H and O–H groups in total. The molecule has 1 aromatic rings. The molecule has 0 bridgehead atoms. The van der Waals surface area contributed by atoms with Crippen molar-refractivity contribution in [1.82, 2.24) is 0 Å². The van der Waals surface area contributed by atoms with Gasteiger partial charge in [-0.2, -0.15) is 0 Å². The first-order valence-corrected chi connectivity index (χ1v) is 7.88. The van der Waals surface area contributed by atoms with Crippen LogP contribution in [0.4, 0.5) is 0 Å². The standard InChI is InChI=1S/C10H6O2.C6H4O2.2C2H6.2CH4/c11-9-5-6-10(12)8-4-2-1-3-7(8)9;7-5-1-2-6(8)4-3-5;2*1-2;;/h1-6H;1-4H;2*1-2H3;2*1H4. The Morgan fingerprint density at radius 3 is 1.04 bits per heavy atom. The summed E-state index contributed by atoms with van der Waals surface area (Å²) in [4.78, 5) is 42.9. The van der Waals surface area contributed by atoms with Crippen LogP contribution in [-0.2, 0) is 9.59 Å². The Balaban J connectivity index is -0.000000335. The molecule has 142 valence electrons. The molecule has 0 unspecified atom stereocenters. The third-order valence-electron chi connectivity index (χ3n) is 2.67. The Morgan fingerprint density at radius 1 is 0.500 bits per heavy atom. The molecule has 0 saturated carbocycles. The molecule has 0 aromatic heterocycles. The third-order valence-corrected chi connectivity index (χ3v) is 2.67. The summed E-state index contributed by atoms with van der Waals surface area (Å²) < 4.78 is 0. The number of carbonyl (C=O) groups is 4. The van der Waals surface area contributed by atoms with E-state index in [1.807, 2.05) is 27.7 Å². The van der Waals surface area contributed by atoms with Crippen LogP contribution in [0.3, 0.4) is 0 Å². The SMILES string of the molecule is C.C.CC.CC.O=C1C=CC(=O)C=C1.O=C1C=CC(=O)c2ccccc21. The fourth-order valence-electron chi connectivity index (χ4n) is 1.68. The van der Waals surface area contributed by atoms with Crippen molar-refractivity contribution in [2.75, 3.05) is 0 Å². The molecule has 0 radical (unpaired) electrons. The van der Waals surface area contributed by atoms with Crippen LogP contribution in [0.1, 0.15) is 63.3 Å². The molecule has 0 heterocycles. The van der Waals surface area contributed by atoms with E-state index >= 15 is 0 Å². The van der Waals surface area contributed by atoms with Crippen LogP contribution in [0, 0.1) is 0 Å². The summed E-state index contributed by atoms with van der Waals surface area (Å²) in [6.45, 7) is 8.00.